The fourth-order valence-electron chi connectivity index (χ4n) is 2.85. The molecule has 1 amide bonds. The van der Waals surface area contributed by atoms with E-state index in [-0.39, 0.29) is 16.5 Å². The van der Waals surface area contributed by atoms with Gasteiger partial charge in [-0.15, -0.1) is 0 Å². The Labute approximate surface area is 153 Å². The minimum absolute atomic E-state index is 0.0504. The van der Waals surface area contributed by atoms with Crippen LogP contribution < -0.4 is 4.90 Å². The number of pyridine rings is 1. The maximum Gasteiger partial charge on any atom is 0.258 e. The Morgan fingerprint density at radius 3 is 2.62 bits per heavy atom. The predicted octanol–water partition coefficient (Wildman–Crippen LogP) is 3.91. The Balaban J connectivity index is 1.72. The molecule has 3 rings (SSSR count). The average molecular weight is 413 g/mol. The molecule has 126 valence electrons. The summed E-state index contributed by atoms with van der Waals surface area (Å²) in [5, 5.41) is 0.146. The van der Waals surface area contributed by atoms with Crippen molar-refractivity contribution >= 4 is 39.3 Å². The molecule has 0 unspecified atom stereocenters. The van der Waals surface area contributed by atoms with Gasteiger partial charge in [0.15, 0.2) is 0 Å². The van der Waals surface area contributed by atoms with Crippen LogP contribution in [0.25, 0.3) is 0 Å². The van der Waals surface area contributed by atoms with E-state index in [0.717, 1.165) is 15.9 Å². The lowest BCUT2D eigenvalue weighted by Gasteiger charge is -2.36. The van der Waals surface area contributed by atoms with E-state index in [2.05, 4.69) is 25.8 Å². The van der Waals surface area contributed by atoms with Crippen molar-refractivity contribution in [1.29, 1.82) is 0 Å². The maximum atomic E-state index is 13.9. The fourth-order valence-corrected chi connectivity index (χ4v) is 3.54. The molecule has 1 aliphatic heterocycles. The summed E-state index contributed by atoms with van der Waals surface area (Å²) in [4.78, 5) is 20.8. The van der Waals surface area contributed by atoms with Crippen molar-refractivity contribution in [2.24, 2.45) is 0 Å². The van der Waals surface area contributed by atoms with Crippen molar-refractivity contribution in [2.45, 2.75) is 6.92 Å². The molecule has 1 aliphatic rings. The molecular formula is C17H16BrClFN3O. The third-order valence-corrected chi connectivity index (χ3v) is 4.81. The number of nitrogens with zero attached hydrogens (tertiary/aromatic N) is 3. The Hall–Kier alpha value is -1.66. The van der Waals surface area contributed by atoms with E-state index in [9.17, 15) is 9.18 Å². The number of halogens is 3. The van der Waals surface area contributed by atoms with Crippen LogP contribution in [0.2, 0.25) is 5.02 Å². The number of carbonyl (C=O) groups is 1. The van der Waals surface area contributed by atoms with Crippen LogP contribution in [0.1, 0.15) is 15.9 Å². The monoisotopic (exact) mass is 411 g/mol. The Morgan fingerprint density at radius 1 is 1.29 bits per heavy atom. The first-order valence-corrected chi connectivity index (χ1v) is 8.75. The molecule has 1 aromatic carbocycles. The van der Waals surface area contributed by atoms with Gasteiger partial charge in [0.1, 0.15) is 11.6 Å². The number of piperazine rings is 1. The Morgan fingerprint density at radius 2 is 2.00 bits per heavy atom. The molecule has 0 N–H and O–H groups in total. The number of hydrogen-bond donors (Lipinski definition) is 0. The summed E-state index contributed by atoms with van der Waals surface area (Å²) in [7, 11) is 0. The zero-order valence-corrected chi connectivity index (χ0v) is 15.4. The summed E-state index contributed by atoms with van der Waals surface area (Å²) in [5.74, 6) is -0.0344. The highest BCUT2D eigenvalue weighted by Gasteiger charge is 2.26. The molecular weight excluding hydrogens is 397 g/mol. The van der Waals surface area contributed by atoms with Crippen LogP contribution in [-0.4, -0.2) is 42.0 Å². The van der Waals surface area contributed by atoms with Crippen LogP contribution in [0.15, 0.2) is 34.9 Å². The molecule has 4 nitrogen and oxygen atoms in total. The number of rotatable bonds is 2. The number of aromatic nitrogens is 1. The summed E-state index contributed by atoms with van der Waals surface area (Å²) >= 11 is 9.40. The smallest absolute Gasteiger partial charge is 0.258 e. The average Bonchev–Trinajstić information content (AvgIpc) is 2.55. The molecule has 7 heteroatoms. The van der Waals surface area contributed by atoms with E-state index >= 15 is 0 Å². The van der Waals surface area contributed by atoms with E-state index in [1.54, 1.807) is 11.1 Å². The minimum atomic E-state index is -0.583. The molecule has 1 aromatic heterocycles. The first-order chi connectivity index (χ1) is 11.5. The normalized spacial score (nSPS) is 14.8. The molecule has 0 radical (unpaired) electrons. The lowest BCUT2D eigenvalue weighted by molar-refractivity contribution is 0.0742. The van der Waals surface area contributed by atoms with Gasteiger partial charge in [-0.2, -0.15) is 0 Å². The first kappa shape index (κ1) is 17.2. The van der Waals surface area contributed by atoms with Crippen molar-refractivity contribution in [3.63, 3.8) is 0 Å². The quantitative estimate of drug-likeness (QED) is 0.750. The van der Waals surface area contributed by atoms with Crippen molar-refractivity contribution < 1.29 is 9.18 Å². The first-order valence-electron chi connectivity index (χ1n) is 7.58. The van der Waals surface area contributed by atoms with Crippen LogP contribution in [-0.2, 0) is 0 Å². The van der Waals surface area contributed by atoms with Gasteiger partial charge in [0.2, 0.25) is 0 Å². The summed E-state index contributed by atoms with van der Waals surface area (Å²) in [5.41, 5.74) is 1.02. The molecule has 0 saturated carbocycles. The van der Waals surface area contributed by atoms with Crippen LogP contribution in [0, 0.1) is 12.7 Å². The van der Waals surface area contributed by atoms with Crippen LogP contribution in [0.4, 0.5) is 10.2 Å². The summed E-state index contributed by atoms with van der Waals surface area (Å²) in [6.45, 7) is 4.30. The van der Waals surface area contributed by atoms with Gasteiger partial charge in [-0.1, -0.05) is 17.7 Å². The van der Waals surface area contributed by atoms with E-state index in [1.165, 1.54) is 18.2 Å². The van der Waals surface area contributed by atoms with Crippen molar-refractivity contribution in [1.82, 2.24) is 9.88 Å². The molecule has 0 aliphatic carbocycles. The van der Waals surface area contributed by atoms with Crippen molar-refractivity contribution in [2.75, 3.05) is 31.1 Å². The SMILES string of the molecule is Cc1cc(Br)cnc1N1CCN(C(=O)c2c(F)cccc2Cl)CC1. The van der Waals surface area contributed by atoms with Gasteiger partial charge in [0.05, 0.1) is 10.6 Å². The lowest BCUT2D eigenvalue weighted by Crippen LogP contribution is -2.49. The third kappa shape index (κ3) is 3.39. The van der Waals surface area contributed by atoms with Gasteiger partial charge in [-0.05, 0) is 46.6 Å². The maximum absolute atomic E-state index is 13.9. The van der Waals surface area contributed by atoms with Gasteiger partial charge < -0.3 is 9.80 Å². The number of aryl methyl sites for hydroxylation is 1. The van der Waals surface area contributed by atoms with E-state index in [1.807, 2.05) is 13.0 Å². The van der Waals surface area contributed by atoms with Gasteiger partial charge in [-0.3, -0.25) is 4.79 Å². The van der Waals surface area contributed by atoms with E-state index in [4.69, 9.17) is 11.6 Å². The van der Waals surface area contributed by atoms with E-state index < -0.39 is 5.82 Å². The minimum Gasteiger partial charge on any atom is -0.353 e. The third-order valence-electron chi connectivity index (χ3n) is 4.06. The van der Waals surface area contributed by atoms with Crippen LogP contribution in [0.3, 0.4) is 0 Å². The Kier molecular flexibility index (Phi) is 5.06. The second-order valence-electron chi connectivity index (χ2n) is 5.67. The number of benzene rings is 1. The van der Waals surface area contributed by atoms with Gasteiger partial charge in [-0.25, -0.2) is 9.37 Å². The molecule has 0 atom stereocenters. The molecule has 0 bridgehead atoms. The van der Waals surface area contributed by atoms with Crippen LogP contribution >= 0.6 is 27.5 Å². The molecule has 24 heavy (non-hydrogen) atoms. The molecule has 2 heterocycles. The second-order valence-corrected chi connectivity index (χ2v) is 6.99. The van der Waals surface area contributed by atoms with Crippen LogP contribution in [0.5, 0.6) is 0 Å². The standard InChI is InChI=1S/C17H16BrClFN3O/c1-11-9-12(18)10-21-16(11)22-5-7-23(8-6-22)17(24)15-13(19)3-2-4-14(15)20/h2-4,9-10H,5-8H2,1H3. The number of anilines is 1. The topological polar surface area (TPSA) is 36.4 Å². The highest BCUT2D eigenvalue weighted by atomic mass is 79.9. The van der Waals surface area contributed by atoms with Crippen molar-refractivity contribution in [3.05, 3.63) is 56.9 Å². The largest absolute Gasteiger partial charge is 0.353 e. The second kappa shape index (κ2) is 7.07. The number of amides is 1. The summed E-state index contributed by atoms with van der Waals surface area (Å²) < 4.78 is 14.9. The predicted molar refractivity (Wildman–Crippen MR) is 96.2 cm³/mol. The summed E-state index contributed by atoms with van der Waals surface area (Å²) in [6.07, 6.45) is 1.76. The number of hydrogen-bond acceptors (Lipinski definition) is 3. The highest BCUT2D eigenvalue weighted by molar-refractivity contribution is 9.10. The fraction of sp³-hybridized carbons (Fsp3) is 0.294. The molecule has 2 aromatic rings. The van der Waals surface area contributed by atoms with E-state index in [0.29, 0.717) is 26.2 Å². The van der Waals surface area contributed by atoms with Gasteiger partial charge in [0.25, 0.3) is 5.91 Å². The summed E-state index contributed by atoms with van der Waals surface area (Å²) in [6, 6.07) is 6.29. The molecule has 1 fully saturated rings. The molecule has 0 spiro atoms. The number of carbonyl (C=O) groups excluding carboxylic acids is 1. The zero-order valence-electron chi connectivity index (χ0n) is 13.1. The molecule has 1 saturated heterocycles. The van der Waals surface area contributed by atoms with Gasteiger partial charge >= 0.3 is 0 Å². The van der Waals surface area contributed by atoms with Gasteiger partial charge in [0, 0.05) is 36.8 Å². The Bertz CT molecular complexity index is 758. The van der Waals surface area contributed by atoms with Crippen molar-refractivity contribution in [3.8, 4) is 0 Å². The lowest BCUT2D eigenvalue weighted by atomic mass is 10.1. The highest BCUT2D eigenvalue weighted by Crippen LogP contribution is 2.24. The zero-order chi connectivity index (χ0) is 17.3.